The summed E-state index contributed by atoms with van der Waals surface area (Å²) in [6, 6.07) is 5.68. The maximum atomic E-state index is 12.5. The smallest absolute Gasteiger partial charge is 0.329 e. The number of carbonyl (C=O) groups is 1. The van der Waals surface area contributed by atoms with Crippen LogP contribution in [0, 0.1) is 0 Å². The monoisotopic (exact) mass is 415 g/mol. The summed E-state index contributed by atoms with van der Waals surface area (Å²) in [5.41, 5.74) is 0.473. The van der Waals surface area contributed by atoms with Crippen molar-refractivity contribution in [3.05, 3.63) is 50.4 Å². The van der Waals surface area contributed by atoms with E-state index >= 15 is 0 Å². The lowest BCUT2D eigenvalue weighted by Crippen LogP contribution is -2.29. The molecule has 1 aromatic carbocycles. The van der Waals surface area contributed by atoms with Crippen LogP contribution in [0.5, 0.6) is 11.5 Å². The van der Waals surface area contributed by atoms with Crippen molar-refractivity contribution in [2.24, 2.45) is 7.05 Å². The van der Waals surface area contributed by atoms with Gasteiger partial charge >= 0.3 is 5.69 Å². The minimum Gasteiger partial charge on any atom is -0.493 e. The van der Waals surface area contributed by atoms with E-state index in [1.807, 2.05) is 18.2 Å². The molecule has 1 amide bonds. The molecule has 10 nitrogen and oxygen atoms in total. The second kappa shape index (κ2) is 8.85. The third-order valence-electron chi connectivity index (χ3n) is 4.99. The number of ether oxygens (including phenoxy) is 2. The number of methoxy groups -OCH3 is 2. The number of rotatable bonds is 8. The number of aromatic amines is 2. The highest BCUT2D eigenvalue weighted by Crippen LogP contribution is 2.27. The summed E-state index contributed by atoms with van der Waals surface area (Å²) in [5.74, 6) is 1.75. The van der Waals surface area contributed by atoms with Gasteiger partial charge in [-0.25, -0.2) is 9.78 Å². The molecule has 2 heterocycles. The maximum Gasteiger partial charge on any atom is 0.329 e. The molecule has 0 radical (unpaired) electrons. The second-order valence-corrected chi connectivity index (χ2v) is 6.96. The van der Waals surface area contributed by atoms with Crippen LogP contribution in [-0.2, 0) is 24.7 Å². The van der Waals surface area contributed by atoms with Gasteiger partial charge in [0.1, 0.15) is 11.3 Å². The Morgan fingerprint density at radius 2 is 1.87 bits per heavy atom. The van der Waals surface area contributed by atoms with Gasteiger partial charge in [0.2, 0.25) is 5.91 Å². The molecule has 0 aliphatic heterocycles. The van der Waals surface area contributed by atoms with Gasteiger partial charge in [0, 0.05) is 33.5 Å². The molecule has 3 rings (SSSR count). The number of hydrogen-bond donors (Lipinski definition) is 2. The van der Waals surface area contributed by atoms with Crippen LogP contribution in [-0.4, -0.2) is 58.1 Å². The molecule has 2 aromatic heterocycles. The van der Waals surface area contributed by atoms with Crippen molar-refractivity contribution in [1.82, 2.24) is 24.4 Å². The zero-order valence-corrected chi connectivity index (χ0v) is 17.4. The van der Waals surface area contributed by atoms with Gasteiger partial charge in [-0.15, -0.1) is 0 Å². The lowest BCUT2D eigenvalue weighted by Gasteiger charge is -2.17. The standard InChI is InChI=1S/C20H25N5O5/c1-24(10-9-12-5-6-13(29-3)14(11-12)30-4)16(26)8-7-15-21-17-18(22-15)25(2)20(28)23-19(17)27/h5-6,11H,7-10H2,1-4H3,(H,21,22)(H,23,27,28). The molecule has 0 atom stereocenters. The lowest BCUT2D eigenvalue weighted by molar-refractivity contribution is -0.129. The fraction of sp³-hybridized carbons (Fsp3) is 0.400. The second-order valence-electron chi connectivity index (χ2n) is 6.96. The Balaban J connectivity index is 1.59. The zero-order chi connectivity index (χ0) is 21.8. The van der Waals surface area contributed by atoms with Gasteiger partial charge in [0.15, 0.2) is 17.1 Å². The van der Waals surface area contributed by atoms with Gasteiger partial charge in [0.05, 0.1) is 14.2 Å². The van der Waals surface area contributed by atoms with Crippen LogP contribution in [0.25, 0.3) is 11.2 Å². The summed E-state index contributed by atoms with van der Waals surface area (Å²) in [6.45, 7) is 0.544. The number of nitrogens with zero attached hydrogens (tertiary/aromatic N) is 3. The van der Waals surface area contributed by atoms with Crippen molar-refractivity contribution in [2.45, 2.75) is 19.3 Å². The van der Waals surface area contributed by atoms with E-state index in [1.54, 1.807) is 26.2 Å². The lowest BCUT2D eigenvalue weighted by atomic mass is 10.1. The predicted octanol–water partition coefficient (Wildman–Crippen LogP) is 0.601. The first-order valence-electron chi connectivity index (χ1n) is 9.46. The van der Waals surface area contributed by atoms with E-state index in [0.29, 0.717) is 36.7 Å². The summed E-state index contributed by atoms with van der Waals surface area (Å²) in [5, 5.41) is 0. The van der Waals surface area contributed by atoms with Crippen molar-refractivity contribution in [3.8, 4) is 11.5 Å². The highest BCUT2D eigenvalue weighted by Gasteiger charge is 2.14. The van der Waals surface area contributed by atoms with Crippen LogP contribution in [0.1, 0.15) is 17.8 Å². The van der Waals surface area contributed by atoms with E-state index in [-0.39, 0.29) is 23.5 Å². The first-order chi connectivity index (χ1) is 14.3. The van der Waals surface area contributed by atoms with Crippen molar-refractivity contribution in [3.63, 3.8) is 0 Å². The molecule has 0 spiro atoms. The van der Waals surface area contributed by atoms with Gasteiger partial charge in [-0.1, -0.05) is 6.07 Å². The van der Waals surface area contributed by atoms with Crippen molar-refractivity contribution < 1.29 is 14.3 Å². The summed E-state index contributed by atoms with van der Waals surface area (Å²) in [4.78, 5) is 47.1. The van der Waals surface area contributed by atoms with E-state index in [4.69, 9.17) is 9.47 Å². The van der Waals surface area contributed by atoms with E-state index in [9.17, 15) is 14.4 Å². The Bertz CT molecular complexity index is 1180. The molecule has 0 saturated carbocycles. The molecule has 0 fully saturated rings. The third kappa shape index (κ3) is 4.37. The van der Waals surface area contributed by atoms with Crippen LogP contribution < -0.4 is 20.7 Å². The fourth-order valence-corrected chi connectivity index (χ4v) is 3.14. The molecular weight excluding hydrogens is 390 g/mol. The average molecular weight is 415 g/mol. The normalized spacial score (nSPS) is 10.9. The molecule has 10 heteroatoms. The summed E-state index contributed by atoms with van der Waals surface area (Å²) in [7, 11) is 6.44. The van der Waals surface area contributed by atoms with E-state index in [2.05, 4.69) is 15.0 Å². The average Bonchev–Trinajstić information content (AvgIpc) is 3.19. The van der Waals surface area contributed by atoms with Crippen molar-refractivity contribution in [2.75, 3.05) is 27.8 Å². The van der Waals surface area contributed by atoms with Gasteiger partial charge < -0.3 is 19.4 Å². The Hall–Kier alpha value is -3.56. The number of hydrogen-bond acceptors (Lipinski definition) is 6. The van der Waals surface area contributed by atoms with Crippen LogP contribution in [0.2, 0.25) is 0 Å². The minimum absolute atomic E-state index is 0.0428. The topological polar surface area (TPSA) is 122 Å². The molecule has 3 aromatic rings. The molecule has 0 bridgehead atoms. The highest BCUT2D eigenvalue weighted by molar-refractivity contribution is 5.76. The highest BCUT2D eigenvalue weighted by atomic mass is 16.5. The van der Waals surface area contributed by atoms with Gasteiger partial charge in [-0.3, -0.25) is 19.1 Å². The minimum atomic E-state index is -0.531. The van der Waals surface area contributed by atoms with Crippen molar-refractivity contribution >= 4 is 17.1 Å². The molecule has 30 heavy (non-hydrogen) atoms. The Labute approximate surface area is 172 Å². The number of fused-ring (bicyclic) bond motifs is 1. The van der Waals surface area contributed by atoms with Crippen LogP contribution in [0.15, 0.2) is 27.8 Å². The molecule has 0 saturated heterocycles. The number of imidazole rings is 1. The quantitative estimate of drug-likeness (QED) is 0.556. The van der Waals surface area contributed by atoms with Gasteiger partial charge in [-0.2, -0.15) is 0 Å². The van der Waals surface area contributed by atoms with Crippen LogP contribution >= 0.6 is 0 Å². The predicted molar refractivity (Wildman–Crippen MR) is 111 cm³/mol. The number of amides is 1. The summed E-state index contributed by atoms with van der Waals surface area (Å²) >= 11 is 0. The summed E-state index contributed by atoms with van der Waals surface area (Å²) in [6.07, 6.45) is 1.24. The molecule has 2 N–H and O–H groups in total. The van der Waals surface area contributed by atoms with E-state index in [1.165, 1.54) is 11.6 Å². The van der Waals surface area contributed by atoms with Crippen LogP contribution in [0.4, 0.5) is 0 Å². The molecule has 160 valence electrons. The Kier molecular flexibility index (Phi) is 6.24. The fourth-order valence-electron chi connectivity index (χ4n) is 3.14. The number of benzene rings is 1. The zero-order valence-electron chi connectivity index (χ0n) is 17.4. The first-order valence-corrected chi connectivity index (χ1v) is 9.46. The molecule has 0 aliphatic carbocycles. The molecule has 0 unspecified atom stereocenters. The van der Waals surface area contributed by atoms with Crippen molar-refractivity contribution in [1.29, 1.82) is 0 Å². The number of nitrogens with one attached hydrogen (secondary N) is 2. The first kappa shape index (κ1) is 21.2. The van der Waals surface area contributed by atoms with E-state index < -0.39 is 11.2 Å². The number of aryl methyl sites for hydroxylation is 2. The Morgan fingerprint density at radius 1 is 1.13 bits per heavy atom. The van der Waals surface area contributed by atoms with Gasteiger partial charge in [0.25, 0.3) is 5.56 Å². The van der Waals surface area contributed by atoms with Crippen LogP contribution in [0.3, 0.4) is 0 Å². The number of H-pyrrole nitrogens is 2. The maximum absolute atomic E-state index is 12.5. The summed E-state index contributed by atoms with van der Waals surface area (Å²) < 4.78 is 11.8. The van der Waals surface area contributed by atoms with Gasteiger partial charge in [-0.05, 0) is 24.1 Å². The Morgan fingerprint density at radius 3 is 2.57 bits per heavy atom. The molecular formula is C20H25N5O5. The SMILES string of the molecule is COc1ccc(CCN(C)C(=O)CCc2nc3c([nH]2)c(=O)[nH]c(=O)n3C)cc1OC. The number of likely N-dealkylation sites (N-methyl/N-ethyl adjacent to an activating group) is 1. The number of aromatic nitrogens is 4. The third-order valence-corrected chi connectivity index (χ3v) is 4.99. The molecule has 0 aliphatic rings. The van der Waals surface area contributed by atoms with E-state index in [0.717, 1.165) is 5.56 Å². The number of carbonyl (C=O) groups excluding carboxylic acids is 1. The largest absolute Gasteiger partial charge is 0.493 e.